The molecule has 0 atom stereocenters. The van der Waals surface area contributed by atoms with Gasteiger partial charge < -0.3 is 15.1 Å². The lowest BCUT2D eigenvalue weighted by molar-refractivity contribution is -0.117. The molecule has 1 amide bonds. The zero-order valence-corrected chi connectivity index (χ0v) is 14.5. The van der Waals surface area contributed by atoms with E-state index in [0.717, 1.165) is 37.4 Å². The maximum Gasteiger partial charge on any atom is 0.224 e. The fourth-order valence-electron chi connectivity index (χ4n) is 3.73. The highest BCUT2D eigenvalue weighted by molar-refractivity contribution is 5.92. The second-order valence-electron chi connectivity index (χ2n) is 7.19. The van der Waals surface area contributed by atoms with Crippen molar-refractivity contribution in [3.05, 3.63) is 23.8 Å². The molecular weight excluding hydrogens is 286 g/mol. The minimum atomic E-state index is 0.173. The number of nitrogens with one attached hydrogen (secondary N) is 1. The first kappa shape index (κ1) is 16.3. The molecule has 1 aromatic carbocycles. The normalized spacial score (nSPS) is 20.0. The van der Waals surface area contributed by atoms with E-state index in [2.05, 4.69) is 47.3 Å². The van der Waals surface area contributed by atoms with Gasteiger partial charge in [-0.3, -0.25) is 4.79 Å². The van der Waals surface area contributed by atoms with Gasteiger partial charge in [0.2, 0.25) is 5.91 Å². The van der Waals surface area contributed by atoms with Crippen LogP contribution in [0.5, 0.6) is 0 Å². The molecule has 0 spiro atoms. The topological polar surface area (TPSA) is 35.6 Å². The lowest BCUT2D eigenvalue weighted by Gasteiger charge is -2.34. The maximum absolute atomic E-state index is 12.2. The van der Waals surface area contributed by atoms with Crippen LogP contribution in [0.3, 0.4) is 0 Å². The van der Waals surface area contributed by atoms with Gasteiger partial charge in [-0.2, -0.15) is 0 Å². The summed E-state index contributed by atoms with van der Waals surface area (Å²) < 4.78 is 0. The highest BCUT2D eigenvalue weighted by Crippen LogP contribution is 2.28. The summed E-state index contributed by atoms with van der Waals surface area (Å²) in [6.07, 6.45) is 5.69. The van der Waals surface area contributed by atoms with Gasteiger partial charge in [0.25, 0.3) is 0 Å². The molecule has 1 N–H and O–H groups in total. The monoisotopic (exact) mass is 315 g/mol. The van der Waals surface area contributed by atoms with Gasteiger partial charge in [-0.05, 0) is 56.5 Å². The third-order valence-corrected chi connectivity index (χ3v) is 5.30. The Morgan fingerprint density at radius 1 is 1.17 bits per heavy atom. The van der Waals surface area contributed by atoms with Crippen molar-refractivity contribution >= 4 is 17.3 Å². The molecule has 126 valence electrons. The van der Waals surface area contributed by atoms with Crippen molar-refractivity contribution < 1.29 is 4.79 Å². The average molecular weight is 315 g/mol. The molecule has 1 heterocycles. The molecule has 2 aliphatic rings. The summed E-state index contributed by atoms with van der Waals surface area (Å²) >= 11 is 0. The van der Waals surface area contributed by atoms with Gasteiger partial charge in [-0.1, -0.05) is 12.8 Å². The molecule has 1 aliphatic carbocycles. The van der Waals surface area contributed by atoms with Crippen LogP contribution in [0.25, 0.3) is 0 Å². The van der Waals surface area contributed by atoms with Crippen LogP contribution < -0.4 is 10.2 Å². The van der Waals surface area contributed by atoms with Gasteiger partial charge in [0.15, 0.2) is 0 Å². The lowest BCUT2D eigenvalue weighted by atomic mass is 10.0. The predicted octanol–water partition coefficient (Wildman–Crippen LogP) is 3.27. The van der Waals surface area contributed by atoms with Gasteiger partial charge in [0.05, 0.1) is 0 Å². The minimum Gasteiger partial charge on any atom is -0.369 e. The van der Waals surface area contributed by atoms with Crippen LogP contribution in [0, 0.1) is 12.8 Å². The van der Waals surface area contributed by atoms with Gasteiger partial charge in [0.1, 0.15) is 0 Å². The average Bonchev–Trinajstić information content (AvgIpc) is 3.03. The van der Waals surface area contributed by atoms with E-state index in [1.807, 2.05) is 0 Å². The molecule has 0 bridgehead atoms. The molecular formula is C19H29N3O. The first-order chi connectivity index (χ1) is 11.1. The van der Waals surface area contributed by atoms with Gasteiger partial charge in [-0.25, -0.2) is 0 Å². The highest BCUT2D eigenvalue weighted by atomic mass is 16.1. The van der Waals surface area contributed by atoms with Crippen molar-refractivity contribution in [2.24, 2.45) is 5.92 Å². The lowest BCUT2D eigenvalue weighted by Crippen LogP contribution is -2.44. The smallest absolute Gasteiger partial charge is 0.224 e. The number of rotatable bonds is 4. The summed E-state index contributed by atoms with van der Waals surface area (Å²) in [6, 6.07) is 6.41. The number of aryl methyl sites for hydroxylation is 1. The van der Waals surface area contributed by atoms with Crippen LogP contribution in [-0.4, -0.2) is 44.0 Å². The van der Waals surface area contributed by atoms with E-state index in [4.69, 9.17) is 0 Å². The molecule has 0 aromatic heterocycles. The Morgan fingerprint density at radius 2 is 1.87 bits per heavy atom. The quantitative estimate of drug-likeness (QED) is 0.926. The molecule has 4 heteroatoms. The highest BCUT2D eigenvalue weighted by Gasteiger charge is 2.19. The number of anilines is 2. The fraction of sp³-hybridized carbons (Fsp3) is 0.632. The second kappa shape index (κ2) is 7.35. The predicted molar refractivity (Wildman–Crippen MR) is 96.1 cm³/mol. The number of likely N-dealkylation sites (N-methyl/N-ethyl adjacent to an activating group) is 1. The van der Waals surface area contributed by atoms with E-state index < -0.39 is 0 Å². The molecule has 23 heavy (non-hydrogen) atoms. The van der Waals surface area contributed by atoms with Crippen molar-refractivity contribution in [3.63, 3.8) is 0 Å². The van der Waals surface area contributed by atoms with E-state index in [-0.39, 0.29) is 5.91 Å². The zero-order chi connectivity index (χ0) is 16.2. The van der Waals surface area contributed by atoms with E-state index in [9.17, 15) is 4.79 Å². The van der Waals surface area contributed by atoms with E-state index in [1.54, 1.807) is 0 Å². The summed E-state index contributed by atoms with van der Waals surface area (Å²) in [5.41, 5.74) is 3.39. The van der Waals surface area contributed by atoms with Gasteiger partial charge in [0, 0.05) is 44.0 Å². The molecule has 0 unspecified atom stereocenters. The van der Waals surface area contributed by atoms with Crippen molar-refractivity contribution in [2.45, 2.75) is 39.0 Å². The number of nitrogens with zero attached hydrogens (tertiary/aromatic N) is 2. The number of hydrogen-bond donors (Lipinski definition) is 1. The Labute approximate surface area is 139 Å². The summed E-state index contributed by atoms with van der Waals surface area (Å²) in [4.78, 5) is 17.0. The number of piperazine rings is 1. The molecule has 1 saturated carbocycles. The van der Waals surface area contributed by atoms with Crippen molar-refractivity contribution in [1.82, 2.24) is 4.90 Å². The summed E-state index contributed by atoms with van der Waals surface area (Å²) in [7, 11) is 2.17. The van der Waals surface area contributed by atoms with E-state index in [1.165, 1.54) is 31.4 Å². The molecule has 3 rings (SSSR count). The van der Waals surface area contributed by atoms with Gasteiger partial charge in [-0.15, -0.1) is 0 Å². The fourth-order valence-corrected chi connectivity index (χ4v) is 3.73. The van der Waals surface area contributed by atoms with Crippen molar-refractivity contribution in [3.8, 4) is 0 Å². The van der Waals surface area contributed by atoms with Crippen LogP contribution in [0.2, 0.25) is 0 Å². The minimum absolute atomic E-state index is 0.173. The SMILES string of the molecule is Cc1cc(N2CCN(C)CC2)ccc1NC(=O)CC1CCCC1. The number of carbonyl (C=O) groups excluding carboxylic acids is 1. The number of hydrogen-bond acceptors (Lipinski definition) is 3. The molecule has 1 aliphatic heterocycles. The summed E-state index contributed by atoms with van der Waals surface area (Å²) in [5, 5.41) is 3.11. The Bertz CT molecular complexity index is 544. The van der Waals surface area contributed by atoms with Gasteiger partial charge >= 0.3 is 0 Å². The maximum atomic E-state index is 12.2. The first-order valence-corrected chi connectivity index (χ1v) is 8.96. The Balaban J connectivity index is 1.59. The summed E-state index contributed by atoms with van der Waals surface area (Å²) in [5.74, 6) is 0.771. The molecule has 0 radical (unpaired) electrons. The number of benzene rings is 1. The standard InChI is InChI=1S/C19H29N3O/c1-15-13-17(22-11-9-21(2)10-12-22)7-8-18(15)20-19(23)14-16-5-3-4-6-16/h7-8,13,16H,3-6,9-12,14H2,1-2H3,(H,20,23). The van der Waals surface area contributed by atoms with Crippen LogP contribution in [0.1, 0.15) is 37.7 Å². The molecule has 4 nitrogen and oxygen atoms in total. The van der Waals surface area contributed by atoms with Crippen LogP contribution in [-0.2, 0) is 4.79 Å². The third kappa shape index (κ3) is 4.25. The van der Waals surface area contributed by atoms with Crippen molar-refractivity contribution in [2.75, 3.05) is 43.4 Å². The van der Waals surface area contributed by atoms with Crippen LogP contribution in [0.4, 0.5) is 11.4 Å². The first-order valence-electron chi connectivity index (χ1n) is 8.96. The molecule has 1 saturated heterocycles. The van der Waals surface area contributed by atoms with E-state index >= 15 is 0 Å². The number of carbonyl (C=O) groups is 1. The number of amides is 1. The van der Waals surface area contributed by atoms with Crippen molar-refractivity contribution in [1.29, 1.82) is 0 Å². The Hall–Kier alpha value is -1.55. The Kier molecular flexibility index (Phi) is 5.21. The molecule has 2 fully saturated rings. The van der Waals surface area contributed by atoms with E-state index in [0.29, 0.717) is 12.3 Å². The summed E-state index contributed by atoms with van der Waals surface area (Å²) in [6.45, 7) is 6.45. The Morgan fingerprint density at radius 3 is 2.52 bits per heavy atom. The third-order valence-electron chi connectivity index (χ3n) is 5.30. The molecule has 1 aromatic rings. The van der Waals surface area contributed by atoms with Crippen LogP contribution in [0.15, 0.2) is 18.2 Å². The second-order valence-corrected chi connectivity index (χ2v) is 7.19. The zero-order valence-electron chi connectivity index (χ0n) is 14.5. The van der Waals surface area contributed by atoms with Crippen LogP contribution >= 0.6 is 0 Å². The largest absolute Gasteiger partial charge is 0.369 e.